The number of thioether (sulfide) groups is 1. The van der Waals surface area contributed by atoms with Gasteiger partial charge in [0.1, 0.15) is 17.2 Å². The number of hydrogen-bond acceptors (Lipinski definition) is 5. The molecule has 1 N–H and O–H groups in total. The van der Waals surface area contributed by atoms with Crippen molar-refractivity contribution in [1.29, 1.82) is 5.53 Å². The number of benzene rings is 1. The van der Waals surface area contributed by atoms with Crippen LogP contribution in [0.3, 0.4) is 0 Å². The Balaban J connectivity index is 2.86. The first-order chi connectivity index (χ1) is 13.7. The second-order valence-electron chi connectivity index (χ2n) is 7.34. The molecule has 5 heteroatoms. The molecule has 0 heterocycles. The van der Waals surface area contributed by atoms with Crippen molar-refractivity contribution >= 4 is 17.4 Å². The molecule has 0 aliphatic heterocycles. The summed E-state index contributed by atoms with van der Waals surface area (Å²) in [6.45, 7) is 10.2. The van der Waals surface area contributed by atoms with Crippen molar-refractivity contribution in [1.82, 2.24) is 0 Å². The van der Waals surface area contributed by atoms with E-state index in [0.717, 1.165) is 48.0 Å². The first-order valence-electron chi connectivity index (χ1n) is 11.1. The average Bonchev–Trinajstić information content (AvgIpc) is 2.71. The molecule has 1 aromatic carbocycles. The van der Waals surface area contributed by atoms with E-state index in [2.05, 4.69) is 32.8 Å². The molecule has 0 aromatic heterocycles. The number of rotatable bonds is 17. The zero-order valence-corrected chi connectivity index (χ0v) is 19.2. The van der Waals surface area contributed by atoms with Crippen molar-refractivity contribution in [3.8, 4) is 11.5 Å². The molecular formula is C23H40N2O2S. The summed E-state index contributed by atoms with van der Waals surface area (Å²) in [7, 11) is 0. The van der Waals surface area contributed by atoms with Gasteiger partial charge in [-0.3, -0.25) is 0 Å². The van der Waals surface area contributed by atoms with Gasteiger partial charge in [-0.25, -0.2) is 5.53 Å². The Kier molecular flexibility index (Phi) is 13.9. The summed E-state index contributed by atoms with van der Waals surface area (Å²) in [5, 5.41) is 3.67. The Morgan fingerprint density at radius 1 is 0.893 bits per heavy atom. The molecule has 1 atom stereocenters. The Morgan fingerprint density at radius 2 is 1.54 bits per heavy atom. The molecule has 0 aliphatic rings. The van der Waals surface area contributed by atoms with Gasteiger partial charge in [0.2, 0.25) is 0 Å². The fourth-order valence-electron chi connectivity index (χ4n) is 2.99. The molecule has 1 rings (SSSR count). The van der Waals surface area contributed by atoms with Crippen LogP contribution >= 0.6 is 11.8 Å². The van der Waals surface area contributed by atoms with Gasteiger partial charge in [0.25, 0.3) is 0 Å². The van der Waals surface area contributed by atoms with Gasteiger partial charge in [0.05, 0.1) is 18.1 Å². The van der Waals surface area contributed by atoms with Gasteiger partial charge in [-0.1, -0.05) is 66.2 Å². The highest BCUT2D eigenvalue weighted by Crippen LogP contribution is 2.41. The van der Waals surface area contributed by atoms with E-state index in [1.807, 2.05) is 23.9 Å². The van der Waals surface area contributed by atoms with Crippen LogP contribution in [0.2, 0.25) is 0 Å². The largest absolute Gasteiger partial charge is 0.492 e. The van der Waals surface area contributed by atoms with E-state index in [-0.39, 0.29) is 0 Å². The first kappa shape index (κ1) is 24.8. The molecule has 0 saturated carbocycles. The van der Waals surface area contributed by atoms with Crippen LogP contribution < -0.4 is 9.47 Å². The van der Waals surface area contributed by atoms with Gasteiger partial charge < -0.3 is 9.47 Å². The molecule has 0 bridgehead atoms. The molecule has 160 valence electrons. The van der Waals surface area contributed by atoms with E-state index < -0.39 is 0 Å². The number of nitrogens with zero attached hydrogens (tertiary/aromatic N) is 1. The van der Waals surface area contributed by atoms with Crippen LogP contribution in [-0.4, -0.2) is 19.0 Å². The third-order valence-electron chi connectivity index (χ3n) is 4.98. The van der Waals surface area contributed by atoms with E-state index >= 15 is 0 Å². The van der Waals surface area contributed by atoms with E-state index in [4.69, 9.17) is 15.0 Å². The quantitative estimate of drug-likeness (QED) is 0.160. The molecule has 0 amide bonds. The van der Waals surface area contributed by atoms with Crippen molar-refractivity contribution in [2.75, 3.05) is 19.0 Å². The molecule has 1 aromatic rings. The molecule has 1 unspecified atom stereocenters. The number of hydrogen-bond donors (Lipinski definition) is 1. The van der Waals surface area contributed by atoms with Crippen molar-refractivity contribution in [3.63, 3.8) is 0 Å². The second kappa shape index (κ2) is 15.7. The molecular weight excluding hydrogens is 368 g/mol. The smallest absolute Gasteiger partial charge is 0.148 e. The molecule has 0 saturated heterocycles. The minimum absolute atomic E-state index is 0.557. The van der Waals surface area contributed by atoms with Gasteiger partial charge in [-0.15, -0.1) is 11.8 Å². The molecule has 28 heavy (non-hydrogen) atoms. The number of unbranched alkanes of at least 4 members (excludes halogenated alkanes) is 3. The lowest BCUT2D eigenvalue weighted by molar-refractivity contribution is 0.295. The number of nitrogens with one attached hydrogen (secondary N) is 1. The summed E-state index contributed by atoms with van der Waals surface area (Å²) >= 11 is 1.85. The minimum atomic E-state index is 0.557. The van der Waals surface area contributed by atoms with Crippen LogP contribution in [0.1, 0.15) is 85.5 Å². The lowest BCUT2D eigenvalue weighted by Crippen LogP contribution is -2.02. The third-order valence-corrected chi connectivity index (χ3v) is 6.05. The number of ether oxygens (including phenoxy) is 2. The van der Waals surface area contributed by atoms with Gasteiger partial charge in [0.15, 0.2) is 0 Å². The summed E-state index contributed by atoms with van der Waals surface area (Å²) in [5.41, 5.74) is 8.07. The lowest BCUT2D eigenvalue weighted by atomic mass is 9.97. The van der Waals surface area contributed by atoms with Crippen LogP contribution in [0, 0.1) is 11.4 Å². The summed E-state index contributed by atoms with van der Waals surface area (Å²) in [6, 6.07) is 3.91. The van der Waals surface area contributed by atoms with E-state index in [1.54, 1.807) is 0 Å². The molecule has 4 nitrogen and oxygen atoms in total. The average molecular weight is 409 g/mol. The topological polar surface area (TPSA) is 54.7 Å². The molecule has 0 spiro atoms. The molecule has 0 radical (unpaired) electrons. The Labute approximate surface area is 176 Å². The summed E-state index contributed by atoms with van der Waals surface area (Å²) < 4.78 is 11.9. The Hall–Kier alpha value is -1.23. The van der Waals surface area contributed by atoms with Crippen molar-refractivity contribution < 1.29 is 9.47 Å². The highest BCUT2D eigenvalue weighted by molar-refractivity contribution is 7.99. The monoisotopic (exact) mass is 408 g/mol. The van der Waals surface area contributed by atoms with Gasteiger partial charge in [-0.05, 0) is 37.0 Å². The highest BCUT2D eigenvalue weighted by atomic mass is 32.2. The van der Waals surface area contributed by atoms with Gasteiger partial charge >= 0.3 is 0 Å². The molecule has 0 aliphatic carbocycles. The van der Waals surface area contributed by atoms with Crippen molar-refractivity contribution in [2.24, 2.45) is 11.0 Å². The molecule has 0 fully saturated rings. The summed E-state index contributed by atoms with van der Waals surface area (Å²) in [6.07, 6.45) is 10.6. The fourth-order valence-corrected chi connectivity index (χ4v) is 4.11. The Bertz CT molecular complexity index is 552. The van der Waals surface area contributed by atoms with Crippen molar-refractivity contribution in [2.45, 2.75) is 90.4 Å². The maximum Gasteiger partial charge on any atom is 0.148 e. The van der Waals surface area contributed by atoms with Crippen LogP contribution in [0.4, 0.5) is 5.69 Å². The highest BCUT2D eigenvalue weighted by Gasteiger charge is 2.14. The van der Waals surface area contributed by atoms with E-state index in [1.165, 1.54) is 32.1 Å². The van der Waals surface area contributed by atoms with E-state index in [0.29, 0.717) is 24.7 Å². The normalized spacial score (nSPS) is 12.0. The SMILES string of the molecule is CCCCOc1cc(SCCC(CC)CCCC)c(OCCCC)cc1N=N. The van der Waals surface area contributed by atoms with Gasteiger partial charge in [-0.2, -0.15) is 5.11 Å². The minimum Gasteiger partial charge on any atom is -0.492 e. The van der Waals surface area contributed by atoms with E-state index in [9.17, 15) is 0 Å². The van der Waals surface area contributed by atoms with Crippen LogP contribution in [0.25, 0.3) is 0 Å². The van der Waals surface area contributed by atoms with Crippen LogP contribution in [0.5, 0.6) is 11.5 Å². The van der Waals surface area contributed by atoms with Gasteiger partial charge in [0, 0.05) is 6.07 Å². The zero-order valence-electron chi connectivity index (χ0n) is 18.4. The Morgan fingerprint density at radius 3 is 2.11 bits per heavy atom. The maximum absolute atomic E-state index is 7.51. The fraction of sp³-hybridized carbons (Fsp3) is 0.739. The van der Waals surface area contributed by atoms with Crippen molar-refractivity contribution in [3.05, 3.63) is 12.1 Å². The van der Waals surface area contributed by atoms with Crippen LogP contribution in [0.15, 0.2) is 22.1 Å². The maximum atomic E-state index is 7.51. The van der Waals surface area contributed by atoms with Crippen LogP contribution in [-0.2, 0) is 0 Å². The predicted octanol–water partition coefficient (Wildman–Crippen LogP) is 8.41. The first-order valence-corrected chi connectivity index (χ1v) is 12.1. The lowest BCUT2D eigenvalue weighted by Gasteiger charge is -2.17. The zero-order chi connectivity index (χ0) is 20.6. The standard InChI is InChI=1S/C23H40N2O2S/c1-5-9-12-19(8-4)13-16-28-23-18-21(26-14-10-6-2)20(25-24)17-22(23)27-15-11-7-3/h17-19,24H,5-16H2,1-4H3. The third kappa shape index (κ3) is 9.31. The summed E-state index contributed by atoms with van der Waals surface area (Å²) in [4.78, 5) is 1.11. The second-order valence-corrected chi connectivity index (χ2v) is 8.47. The predicted molar refractivity (Wildman–Crippen MR) is 121 cm³/mol. The summed E-state index contributed by atoms with van der Waals surface area (Å²) in [5.74, 6) is 3.43.